The van der Waals surface area contributed by atoms with E-state index in [0.29, 0.717) is 0 Å². The van der Waals surface area contributed by atoms with Gasteiger partial charge in [0.15, 0.2) is 0 Å². The highest BCUT2D eigenvalue weighted by Gasteiger charge is 2.15. The molecule has 2 rings (SSSR count). The molecule has 0 radical (unpaired) electrons. The van der Waals surface area contributed by atoms with Gasteiger partial charge in [0.2, 0.25) is 0 Å². The maximum atomic E-state index is 5.27. The Morgan fingerprint density at radius 2 is 2.21 bits per heavy atom. The molecule has 1 unspecified atom stereocenters. The van der Waals surface area contributed by atoms with E-state index in [0.717, 1.165) is 12.2 Å². The first kappa shape index (κ1) is 13.6. The second kappa shape index (κ2) is 5.89. The second-order valence-electron chi connectivity index (χ2n) is 4.71. The number of benzene rings is 1. The Morgan fingerprint density at radius 3 is 2.79 bits per heavy atom. The first-order valence-corrected chi connectivity index (χ1v) is 6.44. The molecular formula is C15H21N3O. The van der Waals surface area contributed by atoms with Gasteiger partial charge in [0.1, 0.15) is 5.75 Å². The molecular weight excluding hydrogens is 238 g/mol. The fraction of sp³-hybridized carbons (Fsp3) is 0.400. The number of rotatable bonds is 5. The van der Waals surface area contributed by atoms with E-state index in [2.05, 4.69) is 29.5 Å². The fourth-order valence-electron chi connectivity index (χ4n) is 2.26. The van der Waals surface area contributed by atoms with Crippen LogP contribution in [0.4, 0.5) is 0 Å². The Bertz CT molecular complexity index is 548. The minimum atomic E-state index is 0.265. The molecule has 1 aromatic carbocycles. The summed E-state index contributed by atoms with van der Waals surface area (Å²) in [5, 5.41) is 7.68. The van der Waals surface area contributed by atoms with Gasteiger partial charge in [-0.05, 0) is 38.1 Å². The first-order chi connectivity index (χ1) is 9.15. The zero-order valence-corrected chi connectivity index (χ0v) is 12.0. The number of ether oxygens (including phenoxy) is 1. The van der Waals surface area contributed by atoms with E-state index in [1.54, 1.807) is 7.11 Å². The molecule has 1 aromatic heterocycles. The van der Waals surface area contributed by atoms with E-state index in [1.165, 1.54) is 16.8 Å². The summed E-state index contributed by atoms with van der Waals surface area (Å²) in [6, 6.07) is 8.46. The van der Waals surface area contributed by atoms with Crippen molar-refractivity contribution in [3.8, 4) is 5.75 Å². The summed E-state index contributed by atoms with van der Waals surface area (Å²) in [5.74, 6) is 0.898. The predicted molar refractivity (Wildman–Crippen MR) is 76.4 cm³/mol. The summed E-state index contributed by atoms with van der Waals surface area (Å²) in [6.07, 6.45) is 2.86. The molecule has 0 saturated heterocycles. The molecule has 0 aliphatic heterocycles. The number of aryl methyl sites for hydroxylation is 1. The van der Waals surface area contributed by atoms with Gasteiger partial charge in [0.25, 0.3) is 0 Å². The first-order valence-electron chi connectivity index (χ1n) is 6.44. The molecule has 19 heavy (non-hydrogen) atoms. The third-order valence-corrected chi connectivity index (χ3v) is 3.57. The Morgan fingerprint density at radius 1 is 1.42 bits per heavy atom. The highest BCUT2D eigenvalue weighted by atomic mass is 16.5. The number of likely N-dealkylation sites (N-methyl/N-ethyl adjacent to an activating group) is 1. The van der Waals surface area contributed by atoms with Crippen molar-refractivity contribution in [3.63, 3.8) is 0 Å². The number of nitrogens with one attached hydrogen (secondary N) is 1. The van der Waals surface area contributed by atoms with E-state index in [-0.39, 0.29) is 6.04 Å². The van der Waals surface area contributed by atoms with Gasteiger partial charge in [-0.2, -0.15) is 5.10 Å². The van der Waals surface area contributed by atoms with Crippen molar-refractivity contribution in [2.45, 2.75) is 19.4 Å². The number of nitrogens with zero attached hydrogens (tertiary/aromatic N) is 2. The summed E-state index contributed by atoms with van der Waals surface area (Å²) in [7, 11) is 5.65. The van der Waals surface area contributed by atoms with Crippen LogP contribution < -0.4 is 10.1 Å². The molecule has 2 aromatic rings. The smallest absolute Gasteiger partial charge is 0.119 e. The van der Waals surface area contributed by atoms with Crippen molar-refractivity contribution in [1.82, 2.24) is 15.1 Å². The van der Waals surface area contributed by atoms with Crippen molar-refractivity contribution >= 4 is 0 Å². The molecule has 0 bridgehead atoms. The minimum absolute atomic E-state index is 0.265. The normalized spacial score (nSPS) is 12.4. The van der Waals surface area contributed by atoms with Crippen molar-refractivity contribution in [2.75, 3.05) is 14.2 Å². The van der Waals surface area contributed by atoms with Crippen LogP contribution in [0.1, 0.15) is 22.9 Å². The van der Waals surface area contributed by atoms with Gasteiger partial charge < -0.3 is 10.1 Å². The van der Waals surface area contributed by atoms with Crippen molar-refractivity contribution in [1.29, 1.82) is 0 Å². The quantitative estimate of drug-likeness (QED) is 0.895. The average Bonchev–Trinajstić information content (AvgIpc) is 2.77. The molecule has 0 aliphatic carbocycles. The molecule has 0 aliphatic rings. The lowest BCUT2D eigenvalue weighted by Crippen LogP contribution is -2.19. The topological polar surface area (TPSA) is 39.1 Å². The van der Waals surface area contributed by atoms with E-state index in [9.17, 15) is 0 Å². The van der Waals surface area contributed by atoms with Crippen LogP contribution in [0.5, 0.6) is 5.75 Å². The van der Waals surface area contributed by atoms with Crippen LogP contribution in [0.15, 0.2) is 30.5 Å². The fourth-order valence-corrected chi connectivity index (χ4v) is 2.26. The third kappa shape index (κ3) is 2.96. The Kier molecular flexibility index (Phi) is 4.22. The lowest BCUT2D eigenvalue weighted by molar-refractivity contribution is 0.414. The Hall–Kier alpha value is -1.81. The summed E-state index contributed by atoms with van der Waals surface area (Å²) in [5.41, 5.74) is 3.69. The summed E-state index contributed by atoms with van der Waals surface area (Å²) in [6.45, 7) is 2.10. The van der Waals surface area contributed by atoms with Gasteiger partial charge in [-0.1, -0.05) is 12.1 Å². The van der Waals surface area contributed by atoms with Crippen molar-refractivity contribution in [2.24, 2.45) is 7.05 Å². The van der Waals surface area contributed by atoms with E-state index >= 15 is 0 Å². The lowest BCUT2D eigenvalue weighted by atomic mass is 9.99. The molecule has 1 N–H and O–H groups in total. The van der Waals surface area contributed by atoms with Crippen LogP contribution in [0.25, 0.3) is 0 Å². The van der Waals surface area contributed by atoms with Crippen molar-refractivity contribution < 1.29 is 4.74 Å². The van der Waals surface area contributed by atoms with E-state index < -0.39 is 0 Å². The summed E-state index contributed by atoms with van der Waals surface area (Å²) >= 11 is 0. The Balaban J connectivity index is 2.21. The largest absolute Gasteiger partial charge is 0.497 e. The van der Waals surface area contributed by atoms with Crippen LogP contribution in [0.3, 0.4) is 0 Å². The number of hydrogen-bond donors (Lipinski definition) is 1. The van der Waals surface area contributed by atoms with Crippen molar-refractivity contribution in [3.05, 3.63) is 47.3 Å². The molecule has 1 heterocycles. The van der Waals surface area contributed by atoms with Crippen LogP contribution in [0, 0.1) is 6.92 Å². The number of aromatic nitrogens is 2. The summed E-state index contributed by atoms with van der Waals surface area (Å²) < 4.78 is 7.17. The van der Waals surface area contributed by atoms with Crippen LogP contribution >= 0.6 is 0 Å². The molecule has 4 nitrogen and oxygen atoms in total. The Labute approximate surface area is 114 Å². The van der Waals surface area contributed by atoms with Gasteiger partial charge >= 0.3 is 0 Å². The SMILES string of the molecule is CNC(Cc1cccc(OC)c1)c1cnn(C)c1C. The van der Waals surface area contributed by atoms with E-state index in [4.69, 9.17) is 4.74 Å². The van der Waals surface area contributed by atoms with Gasteiger partial charge in [-0.15, -0.1) is 0 Å². The standard InChI is InChI=1S/C15H21N3O/c1-11-14(10-17-18(11)3)15(16-2)9-12-6-5-7-13(8-12)19-4/h5-8,10,15-16H,9H2,1-4H3. The maximum Gasteiger partial charge on any atom is 0.119 e. The zero-order valence-electron chi connectivity index (χ0n) is 12.0. The van der Waals surface area contributed by atoms with Gasteiger partial charge in [-0.25, -0.2) is 0 Å². The third-order valence-electron chi connectivity index (χ3n) is 3.57. The van der Waals surface area contributed by atoms with Crippen LogP contribution in [-0.2, 0) is 13.5 Å². The molecule has 0 saturated carbocycles. The zero-order chi connectivity index (χ0) is 13.8. The van der Waals surface area contributed by atoms with Gasteiger partial charge in [0, 0.05) is 24.3 Å². The lowest BCUT2D eigenvalue weighted by Gasteiger charge is -2.16. The molecule has 0 amide bonds. The predicted octanol–water partition coefficient (Wildman–Crippen LogP) is 2.24. The summed E-state index contributed by atoms with van der Waals surface area (Å²) in [4.78, 5) is 0. The van der Waals surface area contributed by atoms with E-state index in [1.807, 2.05) is 37.1 Å². The minimum Gasteiger partial charge on any atom is -0.497 e. The molecule has 0 spiro atoms. The highest BCUT2D eigenvalue weighted by Crippen LogP contribution is 2.22. The molecule has 1 atom stereocenters. The average molecular weight is 259 g/mol. The van der Waals surface area contributed by atoms with Crippen LogP contribution in [0.2, 0.25) is 0 Å². The number of hydrogen-bond acceptors (Lipinski definition) is 3. The van der Waals surface area contributed by atoms with Gasteiger partial charge in [-0.3, -0.25) is 4.68 Å². The van der Waals surface area contributed by atoms with Crippen LogP contribution in [-0.4, -0.2) is 23.9 Å². The molecule has 4 heteroatoms. The molecule has 0 fully saturated rings. The monoisotopic (exact) mass is 259 g/mol. The highest BCUT2D eigenvalue weighted by molar-refractivity contribution is 5.31. The maximum absolute atomic E-state index is 5.27. The van der Waals surface area contributed by atoms with Gasteiger partial charge in [0.05, 0.1) is 13.3 Å². The molecule has 102 valence electrons. The second-order valence-corrected chi connectivity index (χ2v) is 4.71. The number of methoxy groups -OCH3 is 1.